The number of carbonyl (C=O) groups is 3. The maximum absolute atomic E-state index is 13.1. The maximum atomic E-state index is 13.1. The normalized spacial score (nSPS) is 22.9. The number of esters is 1. The third kappa shape index (κ3) is 3.98. The molecule has 3 rings (SSSR count). The van der Waals surface area contributed by atoms with E-state index in [9.17, 15) is 14.4 Å². The van der Waals surface area contributed by atoms with Crippen molar-refractivity contribution in [1.29, 1.82) is 0 Å². The van der Waals surface area contributed by atoms with Crippen LogP contribution in [0.2, 0.25) is 0 Å². The van der Waals surface area contributed by atoms with E-state index < -0.39 is 12.0 Å². The molecule has 7 heteroatoms. The Labute approximate surface area is 164 Å². The lowest BCUT2D eigenvalue weighted by Crippen LogP contribution is -2.53. The minimum absolute atomic E-state index is 0.0406. The van der Waals surface area contributed by atoms with Crippen LogP contribution < -0.4 is 4.90 Å². The topological polar surface area (TPSA) is 66.9 Å². The van der Waals surface area contributed by atoms with E-state index in [2.05, 4.69) is 0 Å². The van der Waals surface area contributed by atoms with Gasteiger partial charge in [0.1, 0.15) is 6.04 Å². The lowest BCUT2D eigenvalue weighted by atomic mass is 10.1. The lowest BCUT2D eigenvalue weighted by Gasteiger charge is -2.35. The van der Waals surface area contributed by atoms with E-state index in [1.165, 1.54) is 0 Å². The lowest BCUT2D eigenvalue weighted by molar-refractivity contribution is -0.155. The zero-order valence-corrected chi connectivity index (χ0v) is 16.9. The first-order valence-corrected chi connectivity index (χ1v) is 10.5. The van der Waals surface area contributed by atoms with Crippen molar-refractivity contribution in [3.05, 3.63) is 29.3 Å². The van der Waals surface area contributed by atoms with Crippen LogP contribution in [0.5, 0.6) is 0 Å². The van der Waals surface area contributed by atoms with Crippen LogP contribution in [-0.4, -0.2) is 59.9 Å². The molecule has 0 spiro atoms. The number of anilines is 1. The summed E-state index contributed by atoms with van der Waals surface area (Å²) in [6.07, 6.45) is 0.186. The van der Waals surface area contributed by atoms with E-state index >= 15 is 0 Å². The highest BCUT2D eigenvalue weighted by Gasteiger charge is 2.42. The average molecular weight is 391 g/mol. The molecule has 0 unspecified atom stereocenters. The molecule has 2 amide bonds. The van der Waals surface area contributed by atoms with E-state index in [4.69, 9.17) is 4.74 Å². The van der Waals surface area contributed by atoms with Crippen molar-refractivity contribution >= 4 is 35.2 Å². The molecule has 2 aliphatic rings. The molecule has 27 heavy (non-hydrogen) atoms. The average Bonchev–Trinajstić information content (AvgIpc) is 3.05. The molecule has 2 heterocycles. The zero-order chi connectivity index (χ0) is 19.6. The summed E-state index contributed by atoms with van der Waals surface area (Å²) in [5.41, 5.74) is 3.04. The van der Waals surface area contributed by atoms with Gasteiger partial charge in [-0.15, -0.1) is 0 Å². The van der Waals surface area contributed by atoms with Crippen LogP contribution >= 0.6 is 11.8 Å². The summed E-state index contributed by atoms with van der Waals surface area (Å²) in [4.78, 5) is 41.3. The molecule has 0 radical (unpaired) electrons. The number of carbonyl (C=O) groups excluding carboxylic acids is 3. The predicted octanol–water partition coefficient (Wildman–Crippen LogP) is 2.16. The Balaban J connectivity index is 1.76. The van der Waals surface area contributed by atoms with Crippen LogP contribution in [0.15, 0.2) is 18.2 Å². The third-order valence-electron chi connectivity index (χ3n) is 5.31. The van der Waals surface area contributed by atoms with Gasteiger partial charge >= 0.3 is 5.97 Å². The Kier molecular flexibility index (Phi) is 6.09. The number of benzene rings is 1. The highest BCUT2D eigenvalue weighted by atomic mass is 32.2. The Morgan fingerprint density at radius 3 is 2.81 bits per heavy atom. The van der Waals surface area contributed by atoms with Crippen LogP contribution in [0.1, 0.15) is 24.5 Å². The Morgan fingerprint density at radius 1 is 1.30 bits per heavy atom. The second-order valence-corrected chi connectivity index (χ2v) is 8.15. The van der Waals surface area contributed by atoms with Crippen molar-refractivity contribution in [2.75, 3.05) is 36.1 Å². The molecule has 2 aliphatic heterocycles. The summed E-state index contributed by atoms with van der Waals surface area (Å²) in [6.45, 7) is 6.94. The van der Waals surface area contributed by atoms with Crippen molar-refractivity contribution in [2.45, 2.75) is 33.2 Å². The number of amides is 2. The number of aryl methyl sites for hydroxylation is 1. The van der Waals surface area contributed by atoms with Gasteiger partial charge in [-0.2, -0.15) is 11.8 Å². The van der Waals surface area contributed by atoms with Gasteiger partial charge in [0.15, 0.2) is 0 Å². The summed E-state index contributed by atoms with van der Waals surface area (Å²) in [6, 6.07) is 5.31. The molecule has 6 nitrogen and oxygen atoms in total. The summed E-state index contributed by atoms with van der Waals surface area (Å²) >= 11 is 1.65. The van der Waals surface area contributed by atoms with Gasteiger partial charge in [-0.25, -0.2) is 4.79 Å². The van der Waals surface area contributed by atoms with E-state index in [0.717, 1.165) is 22.6 Å². The van der Waals surface area contributed by atoms with Gasteiger partial charge < -0.3 is 14.5 Å². The molecular weight excluding hydrogens is 364 g/mol. The molecule has 2 saturated heterocycles. The number of hydrogen-bond acceptors (Lipinski definition) is 5. The van der Waals surface area contributed by atoms with Crippen molar-refractivity contribution in [1.82, 2.24) is 4.90 Å². The molecule has 2 fully saturated rings. The smallest absolute Gasteiger partial charge is 0.329 e. The second kappa shape index (κ2) is 8.33. The van der Waals surface area contributed by atoms with Gasteiger partial charge in [0, 0.05) is 36.7 Å². The number of rotatable bonds is 4. The van der Waals surface area contributed by atoms with Gasteiger partial charge in [0.2, 0.25) is 11.8 Å². The van der Waals surface area contributed by atoms with Crippen molar-refractivity contribution in [3.8, 4) is 0 Å². The standard InChI is InChI=1S/C20H26N2O4S/c1-4-26-20(25)17-12-27-9-8-21(17)19(24)15-10-18(23)22(11-15)16-7-5-6-13(2)14(16)3/h5-7,15,17H,4,8-12H2,1-3H3/t15-,17+/m1/s1. The van der Waals surface area contributed by atoms with Gasteiger partial charge in [0.05, 0.1) is 12.5 Å². The van der Waals surface area contributed by atoms with Crippen molar-refractivity contribution in [2.24, 2.45) is 5.92 Å². The monoisotopic (exact) mass is 390 g/mol. The van der Waals surface area contributed by atoms with Gasteiger partial charge in [-0.05, 0) is 38.0 Å². The van der Waals surface area contributed by atoms with E-state index in [1.807, 2.05) is 32.0 Å². The molecule has 2 atom stereocenters. The molecule has 0 N–H and O–H groups in total. The Morgan fingerprint density at radius 2 is 2.07 bits per heavy atom. The van der Waals surface area contributed by atoms with Crippen LogP contribution in [0.25, 0.3) is 0 Å². The molecule has 0 bridgehead atoms. The summed E-state index contributed by atoms with van der Waals surface area (Å²) in [5.74, 6) is 0.413. The van der Waals surface area contributed by atoms with Crippen LogP contribution in [0, 0.1) is 19.8 Å². The van der Waals surface area contributed by atoms with Crippen LogP contribution in [0.4, 0.5) is 5.69 Å². The second-order valence-electron chi connectivity index (χ2n) is 7.00. The van der Waals surface area contributed by atoms with E-state index in [1.54, 1.807) is 28.5 Å². The minimum atomic E-state index is -0.555. The highest BCUT2D eigenvalue weighted by Crippen LogP contribution is 2.31. The first-order chi connectivity index (χ1) is 12.9. The fourth-order valence-corrected chi connectivity index (χ4v) is 4.70. The van der Waals surface area contributed by atoms with Gasteiger partial charge in [-0.3, -0.25) is 9.59 Å². The number of hydrogen-bond donors (Lipinski definition) is 0. The summed E-state index contributed by atoms with van der Waals surface area (Å²) < 4.78 is 5.14. The third-order valence-corrected chi connectivity index (χ3v) is 6.33. The van der Waals surface area contributed by atoms with Gasteiger partial charge in [0.25, 0.3) is 0 Å². The van der Waals surface area contributed by atoms with Crippen molar-refractivity contribution < 1.29 is 19.1 Å². The Bertz CT molecular complexity index is 751. The minimum Gasteiger partial charge on any atom is -0.464 e. The van der Waals surface area contributed by atoms with E-state index in [0.29, 0.717) is 25.4 Å². The quantitative estimate of drug-likeness (QED) is 0.737. The molecular formula is C20H26N2O4S. The molecule has 0 aromatic heterocycles. The van der Waals surface area contributed by atoms with Crippen LogP contribution in [-0.2, 0) is 19.1 Å². The largest absolute Gasteiger partial charge is 0.464 e. The molecule has 146 valence electrons. The first-order valence-electron chi connectivity index (χ1n) is 9.35. The fourth-order valence-electron chi connectivity index (χ4n) is 3.67. The number of thioether (sulfide) groups is 1. The predicted molar refractivity (Wildman–Crippen MR) is 106 cm³/mol. The van der Waals surface area contributed by atoms with Crippen LogP contribution in [0.3, 0.4) is 0 Å². The van der Waals surface area contributed by atoms with Gasteiger partial charge in [-0.1, -0.05) is 12.1 Å². The number of nitrogens with zero attached hydrogens (tertiary/aromatic N) is 2. The molecule has 1 aromatic carbocycles. The number of ether oxygens (including phenoxy) is 1. The highest BCUT2D eigenvalue weighted by molar-refractivity contribution is 7.99. The first kappa shape index (κ1) is 19.7. The summed E-state index contributed by atoms with van der Waals surface area (Å²) in [5, 5.41) is 0. The zero-order valence-electron chi connectivity index (χ0n) is 16.1. The summed E-state index contributed by atoms with van der Waals surface area (Å²) in [7, 11) is 0. The van der Waals surface area contributed by atoms with Crippen molar-refractivity contribution in [3.63, 3.8) is 0 Å². The molecule has 0 saturated carbocycles. The maximum Gasteiger partial charge on any atom is 0.329 e. The molecule has 1 aromatic rings. The van der Waals surface area contributed by atoms with E-state index in [-0.39, 0.29) is 24.2 Å². The Hall–Kier alpha value is -2.02. The fraction of sp³-hybridized carbons (Fsp3) is 0.550. The molecule has 0 aliphatic carbocycles. The SMILES string of the molecule is CCOC(=O)[C@@H]1CSCCN1C(=O)[C@@H]1CC(=O)N(c2cccc(C)c2C)C1.